The number of thiazole rings is 1. The number of rotatable bonds is 5. The number of hydrogen-bond acceptors (Lipinski definition) is 6. The first kappa shape index (κ1) is 15.5. The van der Waals surface area contributed by atoms with Crippen molar-refractivity contribution in [2.24, 2.45) is 0 Å². The van der Waals surface area contributed by atoms with E-state index in [0.717, 1.165) is 54.9 Å². The van der Waals surface area contributed by atoms with Crippen LogP contribution < -0.4 is 5.32 Å². The summed E-state index contributed by atoms with van der Waals surface area (Å²) in [6.45, 7) is 5.16. The van der Waals surface area contributed by atoms with E-state index in [1.54, 1.807) is 11.3 Å². The van der Waals surface area contributed by atoms with E-state index < -0.39 is 0 Å². The van der Waals surface area contributed by atoms with Gasteiger partial charge in [0.05, 0.1) is 35.7 Å². The third-order valence-corrected chi connectivity index (χ3v) is 5.09. The van der Waals surface area contributed by atoms with Gasteiger partial charge in [0.25, 0.3) is 0 Å². The molecule has 4 rings (SSSR count). The lowest BCUT2D eigenvalue weighted by Gasteiger charge is -2.26. The summed E-state index contributed by atoms with van der Waals surface area (Å²) in [6.07, 6.45) is 0. The van der Waals surface area contributed by atoms with E-state index in [9.17, 15) is 0 Å². The van der Waals surface area contributed by atoms with Crippen LogP contribution in [0.4, 0.5) is 5.82 Å². The minimum atomic E-state index is 0.702. The van der Waals surface area contributed by atoms with Crippen molar-refractivity contribution in [1.82, 2.24) is 14.9 Å². The van der Waals surface area contributed by atoms with Crippen LogP contribution in [0.15, 0.2) is 42.5 Å². The van der Waals surface area contributed by atoms with Gasteiger partial charge in [-0.3, -0.25) is 4.90 Å². The van der Waals surface area contributed by atoms with Crippen molar-refractivity contribution in [2.45, 2.75) is 13.1 Å². The third kappa shape index (κ3) is 3.72. The predicted molar refractivity (Wildman–Crippen MR) is 97.3 cm³/mol. The van der Waals surface area contributed by atoms with Gasteiger partial charge in [-0.05, 0) is 24.3 Å². The summed E-state index contributed by atoms with van der Waals surface area (Å²) in [5.74, 6) is 0.903. The van der Waals surface area contributed by atoms with Crippen LogP contribution in [-0.4, -0.2) is 41.2 Å². The molecule has 1 aliphatic heterocycles. The monoisotopic (exact) mass is 340 g/mol. The molecule has 1 fully saturated rings. The number of aromatic nitrogens is 2. The Balaban J connectivity index is 1.39. The fourth-order valence-electron chi connectivity index (χ4n) is 2.82. The number of morpholine rings is 1. The summed E-state index contributed by atoms with van der Waals surface area (Å²) in [6, 6.07) is 14.4. The van der Waals surface area contributed by atoms with Crippen LogP contribution in [-0.2, 0) is 17.8 Å². The fraction of sp³-hybridized carbons (Fsp3) is 0.333. The molecule has 0 bridgehead atoms. The Morgan fingerprint density at radius 3 is 2.79 bits per heavy atom. The molecule has 124 valence electrons. The Morgan fingerprint density at radius 2 is 1.92 bits per heavy atom. The lowest BCUT2D eigenvalue weighted by Crippen LogP contribution is -2.35. The number of para-hydroxylation sites is 1. The number of fused-ring (bicyclic) bond motifs is 1. The Bertz CT molecular complexity index is 780. The van der Waals surface area contributed by atoms with Crippen molar-refractivity contribution in [3.8, 4) is 0 Å². The molecule has 2 aromatic heterocycles. The van der Waals surface area contributed by atoms with E-state index in [1.165, 1.54) is 4.70 Å². The van der Waals surface area contributed by atoms with Crippen molar-refractivity contribution in [3.63, 3.8) is 0 Å². The minimum Gasteiger partial charge on any atom is -0.379 e. The molecule has 1 N–H and O–H groups in total. The molecule has 0 radical (unpaired) electrons. The molecule has 0 atom stereocenters. The molecule has 0 unspecified atom stereocenters. The summed E-state index contributed by atoms with van der Waals surface area (Å²) in [5.41, 5.74) is 2.15. The number of hydrogen-bond donors (Lipinski definition) is 1. The van der Waals surface area contributed by atoms with Crippen molar-refractivity contribution < 1.29 is 4.74 Å². The van der Waals surface area contributed by atoms with Crippen molar-refractivity contribution >= 4 is 27.4 Å². The number of nitrogens with one attached hydrogen (secondary N) is 1. The fourth-order valence-corrected chi connectivity index (χ4v) is 3.72. The summed E-state index contributed by atoms with van der Waals surface area (Å²) < 4.78 is 6.62. The predicted octanol–water partition coefficient (Wildman–Crippen LogP) is 3.14. The standard InChI is InChI=1S/C18H20N4OS/c1-2-6-16-15(5-1)21-18(24-16)12-19-17-7-3-4-14(20-17)13-22-8-10-23-11-9-22/h1-7H,8-13H2,(H,19,20). The average Bonchev–Trinajstić information content (AvgIpc) is 3.04. The molecular formula is C18H20N4OS. The first-order valence-electron chi connectivity index (χ1n) is 8.21. The van der Waals surface area contributed by atoms with Gasteiger partial charge in [-0.25, -0.2) is 9.97 Å². The largest absolute Gasteiger partial charge is 0.379 e. The highest BCUT2D eigenvalue weighted by molar-refractivity contribution is 7.18. The number of benzene rings is 1. The Labute approximate surface area is 145 Å². The third-order valence-electron chi connectivity index (χ3n) is 4.05. The second-order valence-electron chi connectivity index (χ2n) is 5.83. The summed E-state index contributed by atoms with van der Waals surface area (Å²) in [5, 5.41) is 4.47. The van der Waals surface area contributed by atoms with Gasteiger partial charge in [-0.1, -0.05) is 18.2 Å². The second-order valence-corrected chi connectivity index (χ2v) is 6.95. The van der Waals surface area contributed by atoms with Gasteiger partial charge < -0.3 is 10.1 Å². The molecule has 6 heteroatoms. The Hall–Kier alpha value is -2.02. The van der Waals surface area contributed by atoms with Gasteiger partial charge in [0.15, 0.2) is 0 Å². The highest BCUT2D eigenvalue weighted by Crippen LogP contribution is 2.22. The van der Waals surface area contributed by atoms with Crippen LogP contribution in [0.5, 0.6) is 0 Å². The molecule has 1 aliphatic rings. The van der Waals surface area contributed by atoms with E-state index in [2.05, 4.69) is 39.5 Å². The molecular weight excluding hydrogens is 320 g/mol. The molecule has 1 aromatic carbocycles. The normalized spacial score (nSPS) is 15.7. The first-order chi connectivity index (χ1) is 11.9. The Kier molecular flexibility index (Phi) is 4.69. The van der Waals surface area contributed by atoms with Gasteiger partial charge in [0.2, 0.25) is 0 Å². The zero-order chi connectivity index (χ0) is 16.2. The summed E-state index contributed by atoms with van der Waals surface area (Å²) in [7, 11) is 0. The van der Waals surface area contributed by atoms with Crippen LogP contribution in [0.25, 0.3) is 10.2 Å². The molecule has 3 heterocycles. The van der Waals surface area contributed by atoms with E-state index in [-0.39, 0.29) is 0 Å². The topological polar surface area (TPSA) is 50.3 Å². The number of pyridine rings is 1. The highest BCUT2D eigenvalue weighted by Gasteiger charge is 2.11. The highest BCUT2D eigenvalue weighted by atomic mass is 32.1. The van der Waals surface area contributed by atoms with Crippen LogP contribution >= 0.6 is 11.3 Å². The van der Waals surface area contributed by atoms with Gasteiger partial charge in [0, 0.05) is 19.6 Å². The second kappa shape index (κ2) is 7.25. The molecule has 0 saturated carbocycles. The smallest absolute Gasteiger partial charge is 0.126 e. The lowest BCUT2D eigenvalue weighted by atomic mass is 10.3. The maximum atomic E-state index is 5.39. The van der Waals surface area contributed by atoms with Crippen LogP contribution in [0.1, 0.15) is 10.7 Å². The van der Waals surface area contributed by atoms with Crippen LogP contribution in [0.2, 0.25) is 0 Å². The van der Waals surface area contributed by atoms with E-state index in [4.69, 9.17) is 9.72 Å². The summed E-state index contributed by atoms with van der Waals surface area (Å²) in [4.78, 5) is 11.7. The molecule has 0 aliphatic carbocycles. The zero-order valence-corrected chi connectivity index (χ0v) is 14.3. The number of nitrogens with zero attached hydrogens (tertiary/aromatic N) is 3. The molecule has 5 nitrogen and oxygen atoms in total. The van der Waals surface area contributed by atoms with Gasteiger partial charge >= 0.3 is 0 Å². The maximum absolute atomic E-state index is 5.39. The number of ether oxygens (including phenoxy) is 1. The maximum Gasteiger partial charge on any atom is 0.126 e. The Morgan fingerprint density at radius 1 is 1.04 bits per heavy atom. The number of anilines is 1. The molecule has 3 aromatic rings. The van der Waals surface area contributed by atoms with Gasteiger partial charge in [-0.2, -0.15) is 0 Å². The van der Waals surface area contributed by atoms with Crippen molar-refractivity contribution in [2.75, 3.05) is 31.6 Å². The van der Waals surface area contributed by atoms with E-state index >= 15 is 0 Å². The van der Waals surface area contributed by atoms with Crippen LogP contribution in [0.3, 0.4) is 0 Å². The van der Waals surface area contributed by atoms with Crippen LogP contribution in [0, 0.1) is 0 Å². The summed E-state index contributed by atoms with van der Waals surface area (Å²) >= 11 is 1.73. The van der Waals surface area contributed by atoms with E-state index in [0.29, 0.717) is 6.54 Å². The SMILES string of the molecule is c1cc(CN2CCOCC2)nc(NCc2nc3ccccc3s2)c1. The van der Waals surface area contributed by atoms with E-state index in [1.807, 2.05) is 18.2 Å². The quantitative estimate of drug-likeness (QED) is 0.773. The lowest BCUT2D eigenvalue weighted by molar-refractivity contribution is 0.0337. The molecule has 0 spiro atoms. The molecule has 24 heavy (non-hydrogen) atoms. The average molecular weight is 340 g/mol. The molecule has 1 saturated heterocycles. The minimum absolute atomic E-state index is 0.702. The van der Waals surface area contributed by atoms with Gasteiger partial charge in [0.1, 0.15) is 10.8 Å². The zero-order valence-electron chi connectivity index (χ0n) is 13.4. The molecule has 0 amide bonds. The van der Waals surface area contributed by atoms with Crippen molar-refractivity contribution in [1.29, 1.82) is 0 Å². The van der Waals surface area contributed by atoms with Crippen molar-refractivity contribution in [3.05, 3.63) is 53.2 Å². The van der Waals surface area contributed by atoms with Gasteiger partial charge in [-0.15, -0.1) is 11.3 Å². The first-order valence-corrected chi connectivity index (χ1v) is 9.03.